The fraction of sp³-hybridized carbons (Fsp3) is 0.444. The first-order valence-electron chi connectivity index (χ1n) is 7.93. The lowest BCUT2D eigenvalue weighted by molar-refractivity contribution is 0.368. The highest BCUT2D eigenvalue weighted by molar-refractivity contribution is 14.0. The van der Waals surface area contributed by atoms with Gasteiger partial charge < -0.3 is 14.7 Å². The number of aromatic nitrogens is 1. The van der Waals surface area contributed by atoms with Crippen LogP contribution in [0.15, 0.2) is 39.8 Å². The zero-order valence-electron chi connectivity index (χ0n) is 15.0. The third-order valence-electron chi connectivity index (χ3n) is 3.83. The maximum atomic E-state index is 5.35. The molecule has 132 valence electrons. The molecule has 1 aromatic carbocycles. The Bertz CT molecular complexity index is 667. The van der Waals surface area contributed by atoms with E-state index in [1.165, 1.54) is 11.1 Å². The topological polar surface area (TPSA) is 53.7 Å². The average molecular weight is 442 g/mol. The van der Waals surface area contributed by atoms with Crippen LogP contribution in [0.4, 0.5) is 0 Å². The number of aliphatic imine (C=N–C) groups is 1. The van der Waals surface area contributed by atoms with E-state index in [9.17, 15) is 0 Å². The summed E-state index contributed by atoms with van der Waals surface area (Å²) in [6.07, 6.45) is 0. The third-order valence-corrected chi connectivity index (χ3v) is 3.83. The maximum Gasteiger partial charge on any atom is 0.194 e. The van der Waals surface area contributed by atoms with Gasteiger partial charge in [-0.05, 0) is 24.0 Å². The third kappa shape index (κ3) is 5.51. The summed E-state index contributed by atoms with van der Waals surface area (Å²) in [7, 11) is 3.82. The number of nitrogens with one attached hydrogen (secondary N) is 1. The summed E-state index contributed by atoms with van der Waals surface area (Å²) in [5, 5.41) is 7.39. The van der Waals surface area contributed by atoms with Crippen molar-refractivity contribution in [2.45, 2.75) is 39.8 Å². The summed E-state index contributed by atoms with van der Waals surface area (Å²) < 4.78 is 5.35. The van der Waals surface area contributed by atoms with Crippen molar-refractivity contribution in [1.29, 1.82) is 0 Å². The molecule has 24 heavy (non-hydrogen) atoms. The number of hydrogen-bond donors (Lipinski definition) is 1. The Kier molecular flexibility index (Phi) is 8.24. The van der Waals surface area contributed by atoms with Crippen LogP contribution in [-0.2, 0) is 13.1 Å². The molecule has 6 heteroatoms. The van der Waals surface area contributed by atoms with Crippen molar-refractivity contribution < 1.29 is 4.52 Å². The number of aryl methyl sites for hydroxylation is 1. The second-order valence-corrected chi connectivity index (χ2v) is 6.06. The first-order valence-corrected chi connectivity index (χ1v) is 7.93. The lowest BCUT2D eigenvalue weighted by atomic mass is 10.1. The first kappa shape index (κ1) is 20.5. The van der Waals surface area contributed by atoms with Gasteiger partial charge in [-0.15, -0.1) is 24.0 Å². The lowest BCUT2D eigenvalue weighted by Gasteiger charge is -2.22. The molecule has 2 rings (SSSR count). The van der Waals surface area contributed by atoms with Crippen LogP contribution in [0, 0.1) is 6.92 Å². The zero-order chi connectivity index (χ0) is 16.8. The van der Waals surface area contributed by atoms with Crippen LogP contribution >= 0.6 is 24.0 Å². The normalized spacial score (nSPS) is 11.3. The van der Waals surface area contributed by atoms with Gasteiger partial charge in [-0.25, -0.2) is 0 Å². The van der Waals surface area contributed by atoms with E-state index in [1.807, 2.05) is 13.1 Å². The van der Waals surface area contributed by atoms with Gasteiger partial charge >= 0.3 is 0 Å². The van der Waals surface area contributed by atoms with Crippen LogP contribution in [0.2, 0.25) is 0 Å². The standard InChI is InChI=1S/C18H26N4O.HI/c1-13(2)17-10-16(23-21-17)11-20-18(19-4)22(5)12-15-9-7-6-8-14(15)3;/h6-10,13H,11-12H2,1-5H3,(H,19,20);1H. The van der Waals surface area contributed by atoms with Gasteiger partial charge in [0.25, 0.3) is 0 Å². The Hall–Kier alpha value is -1.57. The predicted octanol–water partition coefficient (Wildman–Crippen LogP) is 3.93. The highest BCUT2D eigenvalue weighted by Gasteiger charge is 2.11. The van der Waals surface area contributed by atoms with Crippen LogP contribution in [0.1, 0.15) is 42.3 Å². The zero-order valence-corrected chi connectivity index (χ0v) is 17.4. The quantitative estimate of drug-likeness (QED) is 0.433. The van der Waals surface area contributed by atoms with Gasteiger partial charge in [0.2, 0.25) is 0 Å². The van der Waals surface area contributed by atoms with Crippen molar-refractivity contribution in [3.8, 4) is 0 Å². The molecule has 0 saturated carbocycles. The second kappa shape index (κ2) is 9.66. The number of hydrogen-bond acceptors (Lipinski definition) is 3. The SMILES string of the molecule is CN=C(NCc1cc(C(C)C)no1)N(C)Cc1ccccc1C.I. The van der Waals surface area contributed by atoms with Gasteiger partial charge in [0.1, 0.15) is 0 Å². The molecule has 1 heterocycles. The van der Waals surface area contributed by atoms with E-state index in [-0.39, 0.29) is 24.0 Å². The van der Waals surface area contributed by atoms with E-state index in [4.69, 9.17) is 4.52 Å². The molecular formula is C18H27IN4O. The summed E-state index contributed by atoms with van der Waals surface area (Å²) >= 11 is 0. The first-order chi connectivity index (χ1) is 11.0. The summed E-state index contributed by atoms with van der Waals surface area (Å²) in [5.41, 5.74) is 3.55. The van der Waals surface area contributed by atoms with E-state index in [0.717, 1.165) is 24.0 Å². The average Bonchev–Trinajstić information content (AvgIpc) is 2.99. The number of benzene rings is 1. The van der Waals surface area contributed by atoms with Crippen LogP contribution in [0.25, 0.3) is 0 Å². The van der Waals surface area contributed by atoms with E-state index >= 15 is 0 Å². The summed E-state index contributed by atoms with van der Waals surface area (Å²) in [6.45, 7) is 7.71. The summed E-state index contributed by atoms with van der Waals surface area (Å²) in [5.74, 6) is 2.02. The Morgan fingerprint density at radius 1 is 1.33 bits per heavy atom. The molecule has 1 N–H and O–H groups in total. The lowest BCUT2D eigenvalue weighted by Crippen LogP contribution is -2.38. The van der Waals surface area contributed by atoms with Crippen LogP contribution in [-0.4, -0.2) is 30.1 Å². The molecule has 0 unspecified atom stereocenters. The van der Waals surface area contributed by atoms with Gasteiger partial charge in [-0.3, -0.25) is 4.99 Å². The molecule has 5 nitrogen and oxygen atoms in total. The van der Waals surface area contributed by atoms with Gasteiger partial charge in [-0.2, -0.15) is 0 Å². The smallest absolute Gasteiger partial charge is 0.194 e. The molecule has 0 aliphatic carbocycles. The van der Waals surface area contributed by atoms with Gasteiger partial charge in [0.05, 0.1) is 12.2 Å². The van der Waals surface area contributed by atoms with Crippen molar-refractivity contribution >= 4 is 29.9 Å². The highest BCUT2D eigenvalue weighted by atomic mass is 127. The molecule has 1 aromatic heterocycles. The number of guanidine groups is 1. The van der Waals surface area contributed by atoms with Crippen molar-refractivity contribution in [2.24, 2.45) is 4.99 Å². The minimum Gasteiger partial charge on any atom is -0.359 e. The number of halogens is 1. The fourth-order valence-corrected chi connectivity index (χ4v) is 2.35. The molecule has 2 aromatic rings. The molecule has 0 radical (unpaired) electrons. The molecule has 0 aliphatic heterocycles. The van der Waals surface area contributed by atoms with Crippen molar-refractivity contribution in [1.82, 2.24) is 15.4 Å². The van der Waals surface area contributed by atoms with Crippen LogP contribution < -0.4 is 5.32 Å². The molecule has 0 saturated heterocycles. The molecular weight excluding hydrogens is 415 g/mol. The Morgan fingerprint density at radius 2 is 2.04 bits per heavy atom. The van der Waals surface area contributed by atoms with Crippen LogP contribution in [0.3, 0.4) is 0 Å². The molecule has 0 amide bonds. The molecule has 0 atom stereocenters. The summed E-state index contributed by atoms with van der Waals surface area (Å²) in [4.78, 5) is 6.44. The van der Waals surface area contributed by atoms with Gasteiger partial charge in [0.15, 0.2) is 11.7 Å². The molecule has 0 fully saturated rings. The van der Waals surface area contributed by atoms with E-state index < -0.39 is 0 Å². The Balaban J connectivity index is 0.00000288. The van der Waals surface area contributed by atoms with Gasteiger partial charge in [0, 0.05) is 26.7 Å². The highest BCUT2D eigenvalue weighted by Crippen LogP contribution is 2.14. The van der Waals surface area contributed by atoms with E-state index in [1.54, 1.807) is 7.05 Å². The molecule has 0 aliphatic rings. The van der Waals surface area contributed by atoms with Gasteiger partial charge in [-0.1, -0.05) is 43.3 Å². The van der Waals surface area contributed by atoms with Crippen molar-refractivity contribution in [3.05, 3.63) is 52.9 Å². The largest absolute Gasteiger partial charge is 0.359 e. The molecule has 0 bridgehead atoms. The monoisotopic (exact) mass is 442 g/mol. The van der Waals surface area contributed by atoms with Crippen molar-refractivity contribution in [2.75, 3.05) is 14.1 Å². The minimum atomic E-state index is 0. The number of nitrogens with zero attached hydrogens (tertiary/aromatic N) is 3. The minimum absolute atomic E-state index is 0. The second-order valence-electron chi connectivity index (χ2n) is 6.06. The Labute approximate surface area is 161 Å². The predicted molar refractivity (Wildman–Crippen MR) is 109 cm³/mol. The summed E-state index contributed by atoms with van der Waals surface area (Å²) in [6, 6.07) is 10.4. The van der Waals surface area contributed by atoms with E-state index in [2.05, 4.69) is 65.4 Å². The molecule has 0 spiro atoms. The van der Waals surface area contributed by atoms with Crippen molar-refractivity contribution in [3.63, 3.8) is 0 Å². The van der Waals surface area contributed by atoms with Crippen LogP contribution in [0.5, 0.6) is 0 Å². The fourth-order valence-electron chi connectivity index (χ4n) is 2.35. The number of rotatable bonds is 5. The Morgan fingerprint density at radius 3 is 2.62 bits per heavy atom. The van der Waals surface area contributed by atoms with E-state index in [0.29, 0.717) is 12.5 Å². The maximum absolute atomic E-state index is 5.35.